The number of amides is 1. The van der Waals surface area contributed by atoms with E-state index in [1.54, 1.807) is 6.07 Å². The van der Waals surface area contributed by atoms with Gasteiger partial charge in [0.25, 0.3) is 0 Å². The number of nitrogens with one attached hydrogen (secondary N) is 1. The lowest BCUT2D eigenvalue weighted by Gasteiger charge is -2.44. The first-order chi connectivity index (χ1) is 15.3. The summed E-state index contributed by atoms with van der Waals surface area (Å²) < 4.78 is 26.4. The molecule has 0 aliphatic carbocycles. The molecular formula is C26H31FN2O3. The van der Waals surface area contributed by atoms with E-state index < -0.39 is 0 Å². The van der Waals surface area contributed by atoms with Crippen molar-refractivity contribution in [3.63, 3.8) is 0 Å². The third kappa shape index (κ3) is 3.96. The number of carbonyl (C=O) groups is 1. The fourth-order valence-electron chi connectivity index (χ4n) is 5.29. The van der Waals surface area contributed by atoms with Crippen LogP contribution >= 0.6 is 0 Å². The van der Waals surface area contributed by atoms with E-state index >= 15 is 0 Å². The van der Waals surface area contributed by atoms with E-state index in [1.807, 2.05) is 31.2 Å². The number of nitrogens with zero attached hydrogens (tertiary/aromatic N) is 1. The molecule has 0 radical (unpaired) electrons. The monoisotopic (exact) mass is 438 g/mol. The van der Waals surface area contributed by atoms with Crippen molar-refractivity contribution >= 4 is 6.09 Å². The minimum atomic E-state index is -0.372. The van der Waals surface area contributed by atoms with Gasteiger partial charge in [0, 0.05) is 23.1 Å². The average molecular weight is 439 g/mol. The number of benzene rings is 2. The van der Waals surface area contributed by atoms with Crippen LogP contribution in [0.3, 0.4) is 0 Å². The third-order valence-corrected chi connectivity index (χ3v) is 7.26. The second-order valence-corrected chi connectivity index (χ2v) is 10.2. The summed E-state index contributed by atoms with van der Waals surface area (Å²) in [5.74, 6) is 0.888. The molecule has 1 amide bonds. The van der Waals surface area contributed by atoms with E-state index in [0.717, 1.165) is 49.2 Å². The Labute approximate surface area is 188 Å². The molecule has 170 valence electrons. The fraction of sp³-hybridized carbons (Fsp3) is 0.500. The van der Waals surface area contributed by atoms with Crippen molar-refractivity contribution in [2.24, 2.45) is 11.3 Å². The summed E-state index contributed by atoms with van der Waals surface area (Å²) in [5.41, 5.74) is 2.77. The predicted octanol–water partition coefficient (Wildman–Crippen LogP) is 5.08. The Morgan fingerprint density at radius 1 is 1.19 bits per heavy atom. The summed E-state index contributed by atoms with van der Waals surface area (Å²) in [6.45, 7) is 9.51. The highest BCUT2D eigenvalue weighted by atomic mass is 19.1. The van der Waals surface area contributed by atoms with Crippen LogP contribution in [-0.2, 0) is 4.74 Å². The number of aryl methyl sites for hydroxylation is 1. The highest BCUT2D eigenvalue weighted by Crippen LogP contribution is 2.44. The van der Waals surface area contributed by atoms with E-state index in [-0.39, 0.29) is 29.5 Å². The first kappa shape index (κ1) is 21.3. The molecule has 0 aromatic heterocycles. The molecule has 3 saturated heterocycles. The lowest BCUT2D eigenvalue weighted by molar-refractivity contribution is -0.0361. The van der Waals surface area contributed by atoms with Crippen LogP contribution in [0.4, 0.5) is 9.18 Å². The average Bonchev–Trinajstić information content (AvgIpc) is 2.76. The number of ether oxygens (including phenoxy) is 2. The minimum absolute atomic E-state index is 0.0354. The van der Waals surface area contributed by atoms with Crippen LogP contribution < -0.4 is 10.1 Å². The molecule has 5 nitrogen and oxygen atoms in total. The molecule has 6 rings (SSSR count). The zero-order valence-electron chi connectivity index (χ0n) is 19.0. The van der Waals surface area contributed by atoms with E-state index in [1.165, 1.54) is 6.07 Å². The molecule has 4 aliphatic rings. The molecule has 0 spiro atoms. The molecule has 4 heterocycles. The fourth-order valence-corrected chi connectivity index (χ4v) is 5.29. The maximum absolute atomic E-state index is 14.5. The van der Waals surface area contributed by atoms with Crippen molar-refractivity contribution in [2.45, 2.75) is 45.8 Å². The normalized spacial score (nSPS) is 27.9. The van der Waals surface area contributed by atoms with Crippen LogP contribution in [0.1, 0.15) is 43.9 Å². The summed E-state index contributed by atoms with van der Waals surface area (Å²) in [6, 6.07) is 10.7. The van der Waals surface area contributed by atoms with Crippen molar-refractivity contribution in [3.05, 3.63) is 53.3 Å². The lowest BCUT2D eigenvalue weighted by Crippen LogP contribution is -2.53. The van der Waals surface area contributed by atoms with Crippen LogP contribution in [0.5, 0.6) is 5.75 Å². The summed E-state index contributed by atoms with van der Waals surface area (Å²) in [4.78, 5) is 15.2. The number of hydrogen-bond donors (Lipinski definition) is 1. The van der Waals surface area contributed by atoms with Gasteiger partial charge >= 0.3 is 6.09 Å². The molecule has 6 heteroatoms. The van der Waals surface area contributed by atoms with Crippen LogP contribution in [0.25, 0.3) is 11.1 Å². The second-order valence-electron chi connectivity index (χ2n) is 10.2. The molecule has 32 heavy (non-hydrogen) atoms. The van der Waals surface area contributed by atoms with E-state index in [9.17, 15) is 9.18 Å². The largest absolute Gasteiger partial charge is 0.493 e. The third-order valence-electron chi connectivity index (χ3n) is 7.26. The number of fused-ring (bicyclic) bond motifs is 4. The molecular weight excluding hydrogens is 407 g/mol. The Morgan fingerprint density at radius 2 is 1.97 bits per heavy atom. The molecule has 2 aromatic carbocycles. The smallest absolute Gasteiger partial charge is 0.407 e. The molecule has 4 aliphatic heterocycles. The number of carbonyl (C=O) groups excluding carboxylic acids is 1. The predicted molar refractivity (Wildman–Crippen MR) is 121 cm³/mol. The van der Waals surface area contributed by atoms with Gasteiger partial charge in [-0.15, -0.1) is 0 Å². The van der Waals surface area contributed by atoms with E-state index in [2.05, 4.69) is 24.1 Å². The van der Waals surface area contributed by atoms with Gasteiger partial charge in [-0.05, 0) is 62.0 Å². The lowest BCUT2D eigenvalue weighted by atomic mass is 9.78. The maximum Gasteiger partial charge on any atom is 0.407 e. The summed E-state index contributed by atoms with van der Waals surface area (Å²) in [6.07, 6.45) is 1.79. The summed E-state index contributed by atoms with van der Waals surface area (Å²) in [5, 5.41) is 3.12. The minimum Gasteiger partial charge on any atom is -0.493 e. The quantitative estimate of drug-likeness (QED) is 0.726. The van der Waals surface area contributed by atoms with Gasteiger partial charge in [0.05, 0.1) is 12.6 Å². The van der Waals surface area contributed by atoms with Gasteiger partial charge < -0.3 is 14.8 Å². The molecule has 1 unspecified atom stereocenters. The Morgan fingerprint density at radius 3 is 2.66 bits per heavy atom. The summed E-state index contributed by atoms with van der Waals surface area (Å²) >= 11 is 0. The van der Waals surface area contributed by atoms with Gasteiger partial charge in [0.1, 0.15) is 17.7 Å². The maximum atomic E-state index is 14.5. The van der Waals surface area contributed by atoms with Gasteiger partial charge in [-0.25, -0.2) is 9.18 Å². The van der Waals surface area contributed by atoms with Gasteiger partial charge in [-0.2, -0.15) is 0 Å². The molecule has 1 N–H and O–H groups in total. The van der Waals surface area contributed by atoms with E-state index in [4.69, 9.17) is 9.47 Å². The topological polar surface area (TPSA) is 50.8 Å². The van der Waals surface area contributed by atoms with Crippen LogP contribution in [-0.4, -0.2) is 43.3 Å². The number of piperidine rings is 3. The number of hydrogen-bond acceptors (Lipinski definition) is 4. The second kappa shape index (κ2) is 8.07. The zero-order chi connectivity index (χ0) is 22.5. The standard InChI is InChI=1S/C26H31FN2O3/c1-16-4-6-19(21(27)12-16)18-5-7-20-22(13-18)31-15-26(2,3)24(20)28-25(30)32-23-14-29-10-8-17(23)9-11-29/h4-7,12-13,17,23-24H,8-11,14-15H2,1-3H3,(H,28,30)/t23-,24?/m1/s1. The highest BCUT2D eigenvalue weighted by molar-refractivity contribution is 5.70. The molecule has 2 atom stereocenters. The number of rotatable bonds is 3. The van der Waals surface area contributed by atoms with E-state index in [0.29, 0.717) is 23.8 Å². The highest BCUT2D eigenvalue weighted by Gasteiger charge is 2.41. The Bertz CT molecular complexity index is 1030. The van der Waals surface area contributed by atoms with Crippen molar-refractivity contribution in [3.8, 4) is 16.9 Å². The summed E-state index contributed by atoms with van der Waals surface area (Å²) in [7, 11) is 0. The van der Waals surface area contributed by atoms with Crippen LogP contribution in [0.15, 0.2) is 36.4 Å². The zero-order valence-corrected chi connectivity index (χ0v) is 19.0. The van der Waals surface area contributed by atoms with Gasteiger partial charge in [0.15, 0.2) is 0 Å². The Kier molecular flexibility index (Phi) is 5.36. The first-order valence-corrected chi connectivity index (χ1v) is 11.5. The van der Waals surface area contributed by atoms with Crippen molar-refractivity contribution in [1.82, 2.24) is 10.2 Å². The molecule has 2 bridgehead atoms. The SMILES string of the molecule is Cc1ccc(-c2ccc3c(c2)OCC(C)(C)C3NC(=O)O[C@@H]2CN3CCC2CC3)c(F)c1. The van der Waals surface area contributed by atoms with Crippen molar-refractivity contribution in [2.75, 3.05) is 26.2 Å². The Balaban J connectivity index is 1.36. The van der Waals surface area contributed by atoms with Gasteiger partial charge in [-0.3, -0.25) is 4.90 Å². The van der Waals surface area contributed by atoms with Gasteiger partial charge in [-0.1, -0.05) is 38.1 Å². The molecule has 0 saturated carbocycles. The van der Waals surface area contributed by atoms with Gasteiger partial charge in [0.2, 0.25) is 0 Å². The first-order valence-electron chi connectivity index (χ1n) is 11.5. The number of halogens is 1. The van der Waals surface area contributed by atoms with Crippen molar-refractivity contribution in [1.29, 1.82) is 0 Å². The Hall–Kier alpha value is -2.60. The number of alkyl carbamates (subject to hydrolysis) is 1. The molecule has 2 aromatic rings. The van der Waals surface area contributed by atoms with Crippen molar-refractivity contribution < 1.29 is 18.7 Å². The molecule has 3 fully saturated rings. The van der Waals surface area contributed by atoms with Crippen LogP contribution in [0, 0.1) is 24.1 Å². The van der Waals surface area contributed by atoms with Crippen LogP contribution in [0.2, 0.25) is 0 Å².